The molecule has 1 aliphatic rings. The van der Waals surface area contributed by atoms with Gasteiger partial charge in [-0.05, 0) is 25.4 Å². The van der Waals surface area contributed by atoms with E-state index in [1.807, 2.05) is 6.92 Å². The highest BCUT2D eigenvalue weighted by atomic mass is 28.3. The van der Waals surface area contributed by atoms with Crippen LogP contribution in [0.2, 0.25) is 12.1 Å². The maximum Gasteiger partial charge on any atom is 0.289 e. The highest BCUT2D eigenvalue weighted by molar-refractivity contribution is 6.53. The minimum Gasteiger partial charge on any atom is -0.522 e. The number of ether oxygens (including phenoxy) is 3. The molecule has 2 atom stereocenters. The van der Waals surface area contributed by atoms with E-state index in [4.69, 9.17) is 18.6 Å². The van der Waals surface area contributed by atoms with Gasteiger partial charge in [0.25, 0.3) is 5.97 Å². The third-order valence-corrected chi connectivity index (χ3v) is 5.24. The zero-order chi connectivity index (χ0) is 13.2. The van der Waals surface area contributed by atoms with Crippen LogP contribution >= 0.6 is 0 Å². The Morgan fingerprint density at radius 1 is 1.33 bits per heavy atom. The summed E-state index contributed by atoms with van der Waals surface area (Å²) in [6, 6.07) is 1.84. The minimum atomic E-state index is -1.46. The maximum absolute atomic E-state index is 11.0. The molecule has 0 aromatic rings. The molecule has 0 aromatic heterocycles. The molecule has 1 fully saturated rings. The summed E-state index contributed by atoms with van der Waals surface area (Å²) in [5.74, 6) is -0.171. The number of hydrogen-bond acceptors (Lipinski definition) is 5. The van der Waals surface area contributed by atoms with Gasteiger partial charge in [0.1, 0.15) is 6.10 Å². The maximum atomic E-state index is 11.0. The Bertz CT molecular complexity index is 233. The van der Waals surface area contributed by atoms with Gasteiger partial charge in [-0.25, -0.2) is 0 Å². The zero-order valence-electron chi connectivity index (χ0n) is 11.4. The number of epoxide rings is 1. The van der Waals surface area contributed by atoms with Crippen molar-refractivity contribution in [2.75, 3.05) is 33.0 Å². The zero-order valence-corrected chi connectivity index (χ0v) is 12.5. The van der Waals surface area contributed by atoms with E-state index in [-0.39, 0.29) is 5.97 Å². The fourth-order valence-corrected chi connectivity index (χ4v) is 3.69. The van der Waals surface area contributed by atoms with Crippen LogP contribution in [0.25, 0.3) is 0 Å². The molecule has 0 radical (unpaired) electrons. The molecule has 0 bridgehead atoms. The molecule has 0 amide bonds. The van der Waals surface area contributed by atoms with E-state index in [1.165, 1.54) is 6.92 Å². The quantitative estimate of drug-likeness (QED) is 0.321. The summed E-state index contributed by atoms with van der Waals surface area (Å²) in [4.78, 5) is 11.0. The van der Waals surface area contributed by atoms with Gasteiger partial charge in [-0.15, -0.1) is 0 Å². The summed E-state index contributed by atoms with van der Waals surface area (Å²) in [5, 5.41) is 0. The molecule has 0 aliphatic carbocycles. The lowest BCUT2D eigenvalue weighted by Crippen LogP contribution is -2.23. The second-order valence-electron chi connectivity index (χ2n) is 4.39. The molecule has 1 heterocycles. The van der Waals surface area contributed by atoms with Crippen LogP contribution in [0.1, 0.15) is 20.3 Å². The van der Waals surface area contributed by atoms with Crippen LogP contribution in [-0.4, -0.2) is 54.1 Å². The monoisotopic (exact) mass is 276 g/mol. The third-order valence-electron chi connectivity index (χ3n) is 2.64. The molecule has 0 saturated carbocycles. The first-order valence-corrected chi connectivity index (χ1v) is 8.77. The van der Waals surface area contributed by atoms with Crippen LogP contribution in [0.3, 0.4) is 0 Å². The molecule has 0 N–H and O–H groups in total. The Labute approximate surface area is 110 Å². The molecule has 0 aromatic carbocycles. The van der Waals surface area contributed by atoms with Crippen LogP contribution in [0.5, 0.6) is 0 Å². The highest BCUT2D eigenvalue weighted by Crippen LogP contribution is 2.10. The summed E-state index contributed by atoms with van der Waals surface area (Å²) in [7, 11) is -1.46. The fourth-order valence-electron chi connectivity index (χ4n) is 1.65. The molecular formula is C12H24O5Si. The molecule has 106 valence electrons. The number of rotatable bonds is 11. The first-order chi connectivity index (χ1) is 8.72. The normalized spacial score (nSPS) is 19.6. The van der Waals surface area contributed by atoms with Crippen LogP contribution in [0.4, 0.5) is 0 Å². The van der Waals surface area contributed by atoms with Gasteiger partial charge in [0, 0.05) is 26.7 Å². The van der Waals surface area contributed by atoms with E-state index in [1.54, 1.807) is 0 Å². The van der Waals surface area contributed by atoms with E-state index in [0.29, 0.717) is 25.9 Å². The first kappa shape index (κ1) is 15.6. The predicted octanol–water partition coefficient (Wildman–Crippen LogP) is 1.12. The molecule has 18 heavy (non-hydrogen) atoms. The number of carbonyl (C=O) groups excluding carboxylic acids is 1. The van der Waals surface area contributed by atoms with Crippen molar-refractivity contribution in [3.8, 4) is 0 Å². The lowest BCUT2D eigenvalue weighted by Gasteiger charge is -2.15. The SMILES string of the molecule is CCOCC[SiH](CCCOCC1CO1)OC(C)=O. The summed E-state index contributed by atoms with van der Waals surface area (Å²) in [6.45, 7) is 7.10. The van der Waals surface area contributed by atoms with Crippen molar-refractivity contribution < 1.29 is 23.4 Å². The van der Waals surface area contributed by atoms with Gasteiger partial charge in [-0.1, -0.05) is 0 Å². The van der Waals surface area contributed by atoms with Crippen molar-refractivity contribution >= 4 is 15.0 Å². The summed E-state index contributed by atoms with van der Waals surface area (Å²) < 4.78 is 21.2. The predicted molar refractivity (Wildman–Crippen MR) is 70.2 cm³/mol. The Balaban J connectivity index is 2.03. The standard InChI is InChI=1S/C12H24O5Si/c1-3-14-6-8-18(17-11(2)13)7-4-5-15-9-12-10-16-12/h12,18H,3-10H2,1-2H3. The Morgan fingerprint density at radius 3 is 2.72 bits per heavy atom. The second-order valence-corrected chi connectivity index (χ2v) is 7.02. The Kier molecular flexibility index (Phi) is 8.24. The van der Waals surface area contributed by atoms with E-state index in [9.17, 15) is 4.79 Å². The van der Waals surface area contributed by atoms with Gasteiger partial charge in [-0.2, -0.15) is 0 Å². The van der Waals surface area contributed by atoms with Crippen molar-refractivity contribution in [3.63, 3.8) is 0 Å². The molecule has 1 saturated heterocycles. The average molecular weight is 276 g/mol. The second kappa shape index (κ2) is 9.49. The summed E-state index contributed by atoms with van der Waals surface area (Å²) in [5.41, 5.74) is 0. The van der Waals surface area contributed by atoms with Crippen LogP contribution in [0.15, 0.2) is 0 Å². The van der Waals surface area contributed by atoms with Crippen molar-refractivity contribution in [2.24, 2.45) is 0 Å². The van der Waals surface area contributed by atoms with Gasteiger partial charge in [-0.3, -0.25) is 4.79 Å². The Hall–Kier alpha value is -0.433. The van der Waals surface area contributed by atoms with Crippen LogP contribution < -0.4 is 0 Å². The first-order valence-electron chi connectivity index (χ1n) is 6.66. The number of carbonyl (C=O) groups is 1. The highest BCUT2D eigenvalue weighted by Gasteiger charge is 2.22. The van der Waals surface area contributed by atoms with Crippen LogP contribution in [-0.2, 0) is 23.4 Å². The largest absolute Gasteiger partial charge is 0.522 e. The van der Waals surface area contributed by atoms with E-state index < -0.39 is 9.04 Å². The van der Waals surface area contributed by atoms with E-state index in [2.05, 4.69) is 0 Å². The summed E-state index contributed by atoms with van der Waals surface area (Å²) in [6.07, 6.45) is 1.27. The van der Waals surface area contributed by atoms with Gasteiger partial charge >= 0.3 is 0 Å². The average Bonchev–Trinajstić information content (AvgIpc) is 3.12. The summed E-state index contributed by atoms with van der Waals surface area (Å²) >= 11 is 0. The molecule has 5 nitrogen and oxygen atoms in total. The Morgan fingerprint density at radius 2 is 2.11 bits per heavy atom. The van der Waals surface area contributed by atoms with E-state index >= 15 is 0 Å². The third kappa shape index (κ3) is 8.63. The fraction of sp³-hybridized carbons (Fsp3) is 0.917. The van der Waals surface area contributed by atoms with Gasteiger partial charge in [0.15, 0.2) is 0 Å². The molecule has 0 spiro atoms. The molecule has 6 heteroatoms. The van der Waals surface area contributed by atoms with E-state index in [0.717, 1.165) is 31.7 Å². The molecule has 1 rings (SSSR count). The number of hydrogen-bond donors (Lipinski definition) is 0. The van der Waals surface area contributed by atoms with Crippen molar-refractivity contribution in [1.82, 2.24) is 0 Å². The molecular weight excluding hydrogens is 252 g/mol. The smallest absolute Gasteiger partial charge is 0.289 e. The lowest BCUT2D eigenvalue weighted by molar-refractivity contribution is -0.132. The van der Waals surface area contributed by atoms with Gasteiger partial charge < -0.3 is 18.6 Å². The van der Waals surface area contributed by atoms with Crippen molar-refractivity contribution in [3.05, 3.63) is 0 Å². The van der Waals surface area contributed by atoms with Gasteiger partial charge in [0.05, 0.1) is 13.2 Å². The van der Waals surface area contributed by atoms with Crippen molar-refractivity contribution in [2.45, 2.75) is 38.5 Å². The lowest BCUT2D eigenvalue weighted by atomic mass is 10.5. The van der Waals surface area contributed by atoms with Crippen molar-refractivity contribution in [1.29, 1.82) is 0 Å². The minimum absolute atomic E-state index is 0.171. The van der Waals surface area contributed by atoms with Crippen LogP contribution in [0, 0.1) is 0 Å². The molecule has 2 unspecified atom stereocenters. The topological polar surface area (TPSA) is 57.3 Å². The van der Waals surface area contributed by atoms with Gasteiger partial charge in [0.2, 0.25) is 9.04 Å². The molecule has 1 aliphatic heterocycles.